The van der Waals surface area contributed by atoms with Gasteiger partial charge >= 0.3 is 0 Å². The van der Waals surface area contributed by atoms with Gasteiger partial charge in [0.05, 0.1) is 10.9 Å². The Morgan fingerprint density at radius 3 is 2.86 bits per heavy atom. The van der Waals surface area contributed by atoms with Gasteiger partial charge in [-0.1, -0.05) is 6.08 Å². The van der Waals surface area contributed by atoms with Crippen molar-refractivity contribution in [2.75, 3.05) is 0 Å². The van der Waals surface area contributed by atoms with E-state index >= 15 is 0 Å². The Labute approximate surface area is 86.0 Å². The minimum atomic E-state index is -3.66. The summed E-state index contributed by atoms with van der Waals surface area (Å²) in [5.41, 5.74) is 0.803. The number of hydrogen-bond acceptors (Lipinski definition) is 3. The molecule has 0 saturated carbocycles. The predicted octanol–water partition coefficient (Wildman–Crippen LogP) is 0.657. The first-order valence-corrected chi connectivity index (χ1v) is 6.42. The predicted molar refractivity (Wildman–Crippen MR) is 52.1 cm³/mol. The van der Waals surface area contributed by atoms with Crippen LogP contribution in [0.25, 0.3) is 0 Å². The molecule has 2 rings (SSSR count). The number of carbonyl (C=O) groups excluding carboxylic acids is 1. The van der Waals surface area contributed by atoms with Gasteiger partial charge < -0.3 is 5.32 Å². The second kappa shape index (κ2) is 3.10. The molecule has 0 bridgehead atoms. The van der Waals surface area contributed by atoms with Crippen LogP contribution in [0.1, 0.15) is 12.8 Å². The Hall–Kier alpha value is -0.810. The summed E-state index contributed by atoms with van der Waals surface area (Å²) in [4.78, 5) is 11.1. The van der Waals surface area contributed by atoms with Crippen molar-refractivity contribution in [2.45, 2.75) is 18.9 Å². The molecule has 0 aromatic carbocycles. The zero-order valence-electron chi connectivity index (χ0n) is 7.16. The topological polar surface area (TPSA) is 63.2 Å². The molecule has 0 aromatic heterocycles. The molecule has 1 heterocycles. The van der Waals surface area contributed by atoms with Crippen LogP contribution in [-0.2, 0) is 13.8 Å². The minimum Gasteiger partial charge on any atom is -0.349 e. The zero-order valence-corrected chi connectivity index (χ0v) is 8.73. The molecule has 1 atom stereocenters. The van der Waals surface area contributed by atoms with Gasteiger partial charge in [0, 0.05) is 17.1 Å². The van der Waals surface area contributed by atoms with Gasteiger partial charge in [-0.15, -0.1) is 0 Å². The highest BCUT2D eigenvalue weighted by Crippen LogP contribution is 2.28. The first-order chi connectivity index (χ1) is 6.47. The van der Waals surface area contributed by atoms with Crippen LogP contribution in [0.5, 0.6) is 0 Å². The van der Waals surface area contributed by atoms with Gasteiger partial charge in [-0.05, 0) is 18.1 Å². The molecule has 1 saturated heterocycles. The van der Waals surface area contributed by atoms with Crippen molar-refractivity contribution in [3.8, 4) is 0 Å². The van der Waals surface area contributed by atoms with Crippen molar-refractivity contribution in [2.24, 2.45) is 0 Å². The summed E-state index contributed by atoms with van der Waals surface area (Å²) in [5.74, 6) is -0.0668. The SMILES string of the molecule is O=C1CC2=CC(S(=O)(=O)Cl)=CCC2N1. The lowest BCUT2D eigenvalue weighted by Gasteiger charge is -2.14. The van der Waals surface area contributed by atoms with Crippen LogP contribution in [0, 0.1) is 0 Å². The van der Waals surface area contributed by atoms with Gasteiger partial charge in [-0.25, -0.2) is 8.42 Å². The van der Waals surface area contributed by atoms with Crippen LogP contribution in [0.4, 0.5) is 0 Å². The van der Waals surface area contributed by atoms with Crippen molar-refractivity contribution in [3.05, 3.63) is 22.6 Å². The summed E-state index contributed by atoms with van der Waals surface area (Å²) in [5, 5.41) is 2.74. The lowest BCUT2D eigenvalue weighted by molar-refractivity contribution is -0.119. The molecule has 0 aromatic rings. The summed E-state index contributed by atoms with van der Waals surface area (Å²) in [6.07, 6.45) is 3.78. The molecule has 1 fully saturated rings. The third-order valence-corrected chi connectivity index (χ3v) is 3.69. The van der Waals surface area contributed by atoms with E-state index in [1.54, 1.807) is 0 Å². The maximum absolute atomic E-state index is 11.0. The van der Waals surface area contributed by atoms with E-state index in [0.29, 0.717) is 6.42 Å². The third kappa shape index (κ3) is 1.69. The summed E-state index contributed by atoms with van der Waals surface area (Å²) in [6, 6.07) is -0.0373. The molecular weight excluding hydrogens is 226 g/mol. The highest BCUT2D eigenvalue weighted by molar-refractivity contribution is 8.17. The minimum absolute atomic E-state index is 0.0373. The highest BCUT2D eigenvalue weighted by atomic mass is 35.7. The van der Waals surface area contributed by atoms with Crippen molar-refractivity contribution in [1.29, 1.82) is 0 Å². The fourth-order valence-electron chi connectivity index (χ4n) is 1.65. The van der Waals surface area contributed by atoms with E-state index in [2.05, 4.69) is 5.32 Å². The normalized spacial score (nSPS) is 26.4. The lowest BCUT2D eigenvalue weighted by Crippen LogP contribution is -2.26. The van der Waals surface area contributed by atoms with E-state index in [4.69, 9.17) is 10.7 Å². The van der Waals surface area contributed by atoms with Crippen molar-refractivity contribution in [1.82, 2.24) is 5.32 Å². The van der Waals surface area contributed by atoms with Gasteiger partial charge in [-0.3, -0.25) is 4.79 Å². The molecule has 1 unspecified atom stereocenters. The van der Waals surface area contributed by atoms with Crippen LogP contribution < -0.4 is 5.32 Å². The molecule has 1 aliphatic heterocycles. The largest absolute Gasteiger partial charge is 0.349 e. The first kappa shape index (κ1) is 9.73. The summed E-state index contributed by atoms with van der Waals surface area (Å²) in [7, 11) is 1.53. The van der Waals surface area contributed by atoms with Crippen LogP contribution >= 0.6 is 10.7 Å². The van der Waals surface area contributed by atoms with Crippen molar-refractivity contribution < 1.29 is 13.2 Å². The monoisotopic (exact) mass is 233 g/mol. The van der Waals surface area contributed by atoms with Gasteiger partial charge in [-0.2, -0.15) is 0 Å². The van der Waals surface area contributed by atoms with Crippen molar-refractivity contribution >= 4 is 25.6 Å². The number of amides is 1. The van der Waals surface area contributed by atoms with E-state index < -0.39 is 9.05 Å². The Morgan fingerprint density at radius 2 is 2.21 bits per heavy atom. The van der Waals surface area contributed by atoms with E-state index in [9.17, 15) is 13.2 Å². The van der Waals surface area contributed by atoms with Gasteiger partial charge in [0.25, 0.3) is 9.05 Å². The number of hydrogen-bond donors (Lipinski definition) is 1. The Kier molecular flexibility index (Phi) is 2.16. The summed E-state index contributed by atoms with van der Waals surface area (Å²) in [6.45, 7) is 0. The molecule has 76 valence electrons. The second-order valence-corrected chi connectivity index (χ2v) is 5.86. The maximum atomic E-state index is 11.0. The van der Waals surface area contributed by atoms with Crippen LogP contribution in [0.2, 0.25) is 0 Å². The average molecular weight is 234 g/mol. The molecule has 2 aliphatic rings. The fraction of sp³-hybridized carbons (Fsp3) is 0.375. The van der Waals surface area contributed by atoms with Crippen LogP contribution in [-0.4, -0.2) is 20.4 Å². The average Bonchev–Trinajstić information content (AvgIpc) is 2.41. The molecule has 1 amide bonds. The number of nitrogens with one attached hydrogen (secondary N) is 1. The highest BCUT2D eigenvalue weighted by Gasteiger charge is 2.30. The van der Waals surface area contributed by atoms with E-state index in [1.165, 1.54) is 12.2 Å². The molecule has 0 spiro atoms. The van der Waals surface area contributed by atoms with Gasteiger partial charge in [0.15, 0.2) is 0 Å². The Morgan fingerprint density at radius 1 is 1.50 bits per heavy atom. The molecule has 14 heavy (non-hydrogen) atoms. The quantitative estimate of drug-likeness (QED) is 0.677. The fourth-order valence-corrected chi connectivity index (χ4v) is 2.56. The number of fused-ring (bicyclic) bond motifs is 1. The third-order valence-electron chi connectivity index (χ3n) is 2.31. The second-order valence-electron chi connectivity index (χ2n) is 3.30. The molecule has 1 aliphatic carbocycles. The summed E-state index contributed by atoms with van der Waals surface area (Å²) < 4.78 is 22.0. The number of allylic oxidation sites excluding steroid dienone is 1. The maximum Gasteiger partial charge on any atom is 0.260 e. The van der Waals surface area contributed by atoms with E-state index in [-0.39, 0.29) is 23.3 Å². The lowest BCUT2D eigenvalue weighted by atomic mass is 10.0. The number of rotatable bonds is 1. The van der Waals surface area contributed by atoms with E-state index in [1.807, 2.05) is 0 Å². The van der Waals surface area contributed by atoms with Gasteiger partial charge in [0.2, 0.25) is 5.91 Å². The Balaban J connectivity index is 2.33. The smallest absolute Gasteiger partial charge is 0.260 e. The molecule has 6 heteroatoms. The standard InChI is InChI=1S/C8H8ClNO3S/c9-14(12,13)6-1-2-7-5(3-6)4-8(11)10-7/h1,3,7H,2,4H2,(H,10,11). The number of carbonyl (C=O) groups is 1. The molecular formula is C8H8ClNO3S. The Bertz CT molecular complexity index is 449. The first-order valence-electron chi connectivity index (χ1n) is 4.11. The summed E-state index contributed by atoms with van der Waals surface area (Å²) >= 11 is 0. The zero-order chi connectivity index (χ0) is 10.3. The van der Waals surface area contributed by atoms with Crippen LogP contribution in [0.15, 0.2) is 22.6 Å². The van der Waals surface area contributed by atoms with Crippen molar-refractivity contribution in [3.63, 3.8) is 0 Å². The molecule has 0 radical (unpaired) electrons. The number of halogens is 1. The molecule has 4 nitrogen and oxygen atoms in total. The van der Waals surface area contributed by atoms with Crippen LogP contribution in [0.3, 0.4) is 0 Å². The van der Waals surface area contributed by atoms with E-state index in [0.717, 1.165) is 5.57 Å². The molecule has 1 N–H and O–H groups in total. The van der Waals surface area contributed by atoms with Gasteiger partial charge in [0.1, 0.15) is 0 Å².